The standard InChI is InChI=1S/C23H24N2O6/c1-5-31-23(27)22-21(16-13-15(28-2)8-9-17(16)24-22)25-20(26)11-7-14-6-10-18(29-3)19(12-14)30-4/h6-13,24H,5H2,1-4H3,(H,25,26)/b11-7+. The van der Waals surface area contributed by atoms with Gasteiger partial charge in [0.05, 0.1) is 33.6 Å². The first kappa shape index (κ1) is 21.8. The molecule has 8 heteroatoms. The van der Waals surface area contributed by atoms with Crippen LogP contribution in [0.15, 0.2) is 42.5 Å². The van der Waals surface area contributed by atoms with Gasteiger partial charge in [-0.1, -0.05) is 6.07 Å². The Hall–Kier alpha value is -3.94. The molecule has 0 fully saturated rings. The van der Waals surface area contributed by atoms with E-state index in [2.05, 4.69) is 10.3 Å². The summed E-state index contributed by atoms with van der Waals surface area (Å²) in [7, 11) is 4.64. The van der Waals surface area contributed by atoms with Gasteiger partial charge in [0.1, 0.15) is 11.4 Å². The molecule has 0 aliphatic rings. The van der Waals surface area contributed by atoms with Gasteiger partial charge in [0.25, 0.3) is 0 Å². The largest absolute Gasteiger partial charge is 0.497 e. The molecule has 1 aromatic heterocycles. The van der Waals surface area contributed by atoms with E-state index in [4.69, 9.17) is 18.9 Å². The second-order valence-corrected chi connectivity index (χ2v) is 6.44. The zero-order chi connectivity index (χ0) is 22.4. The van der Waals surface area contributed by atoms with Crippen molar-refractivity contribution in [2.45, 2.75) is 6.92 Å². The number of methoxy groups -OCH3 is 3. The Bertz CT molecular complexity index is 1130. The Kier molecular flexibility index (Phi) is 6.81. The van der Waals surface area contributed by atoms with Crippen molar-refractivity contribution in [1.82, 2.24) is 4.98 Å². The van der Waals surface area contributed by atoms with Gasteiger partial charge < -0.3 is 29.2 Å². The molecule has 0 spiro atoms. The van der Waals surface area contributed by atoms with E-state index in [9.17, 15) is 9.59 Å². The molecule has 3 rings (SSSR count). The highest BCUT2D eigenvalue weighted by Gasteiger charge is 2.20. The molecule has 2 aromatic carbocycles. The number of benzene rings is 2. The quantitative estimate of drug-likeness (QED) is 0.419. The molecule has 8 nitrogen and oxygen atoms in total. The molecule has 0 aliphatic heterocycles. The van der Waals surface area contributed by atoms with Gasteiger partial charge in [-0.05, 0) is 48.9 Å². The van der Waals surface area contributed by atoms with E-state index < -0.39 is 11.9 Å². The highest BCUT2D eigenvalue weighted by Crippen LogP contribution is 2.32. The first-order valence-corrected chi connectivity index (χ1v) is 9.58. The molecule has 0 radical (unpaired) electrons. The topological polar surface area (TPSA) is 98.9 Å². The van der Waals surface area contributed by atoms with Gasteiger partial charge in [0.2, 0.25) is 5.91 Å². The van der Waals surface area contributed by atoms with Crippen molar-refractivity contribution in [3.05, 3.63) is 53.7 Å². The normalized spacial score (nSPS) is 10.8. The van der Waals surface area contributed by atoms with Crippen molar-refractivity contribution in [2.24, 2.45) is 0 Å². The lowest BCUT2D eigenvalue weighted by molar-refractivity contribution is -0.111. The predicted octanol–water partition coefficient (Wildman–Crippen LogP) is 4.02. The molecule has 162 valence electrons. The van der Waals surface area contributed by atoms with Crippen LogP contribution in [0.3, 0.4) is 0 Å². The van der Waals surface area contributed by atoms with Crippen LogP contribution in [0.5, 0.6) is 17.2 Å². The van der Waals surface area contributed by atoms with Crippen LogP contribution in [0.25, 0.3) is 17.0 Å². The minimum atomic E-state index is -0.558. The summed E-state index contributed by atoms with van der Waals surface area (Å²) in [4.78, 5) is 28.1. The number of rotatable bonds is 8. The number of esters is 1. The summed E-state index contributed by atoms with van der Waals surface area (Å²) >= 11 is 0. The van der Waals surface area contributed by atoms with Crippen molar-refractivity contribution < 1.29 is 28.5 Å². The number of ether oxygens (including phenoxy) is 4. The summed E-state index contributed by atoms with van der Waals surface area (Å²) in [6.45, 7) is 1.93. The van der Waals surface area contributed by atoms with E-state index in [0.29, 0.717) is 33.8 Å². The Morgan fingerprint density at radius 2 is 1.77 bits per heavy atom. The number of fused-ring (bicyclic) bond motifs is 1. The summed E-state index contributed by atoms with van der Waals surface area (Å²) in [5, 5.41) is 3.41. The van der Waals surface area contributed by atoms with E-state index in [-0.39, 0.29) is 12.3 Å². The molecule has 0 saturated carbocycles. The maximum Gasteiger partial charge on any atom is 0.356 e. The van der Waals surface area contributed by atoms with Crippen LogP contribution in [0.4, 0.5) is 5.69 Å². The maximum atomic E-state index is 12.6. The molecule has 3 aromatic rings. The SMILES string of the molecule is CCOC(=O)c1[nH]c2ccc(OC)cc2c1NC(=O)/C=C/c1ccc(OC)c(OC)c1. The lowest BCUT2D eigenvalue weighted by Gasteiger charge is -2.08. The van der Waals surface area contributed by atoms with Crippen molar-refractivity contribution in [3.63, 3.8) is 0 Å². The minimum Gasteiger partial charge on any atom is -0.497 e. The predicted molar refractivity (Wildman–Crippen MR) is 118 cm³/mol. The average molecular weight is 424 g/mol. The van der Waals surface area contributed by atoms with Crippen LogP contribution in [0.2, 0.25) is 0 Å². The van der Waals surface area contributed by atoms with Gasteiger partial charge in [-0.15, -0.1) is 0 Å². The molecular formula is C23H24N2O6. The number of aromatic amines is 1. The van der Waals surface area contributed by atoms with Crippen molar-refractivity contribution in [1.29, 1.82) is 0 Å². The molecule has 1 amide bonds. The van der Waals surface area contributed by atoms with Gasteiger partial charge in [0, 0.05) is 17.0 Å². The molecular weight excluding hydrogens is 400 g/mol. The lowest BCUT2D eigenvalue weighted by Crippen LogP contribution is -2.13. The molecule has 31 heavy (non-hydrogen) atoms. The zero-order valence-corrected chi connectivity index (χ0v) is 17.8. The number of hydrogen-bond acceptors (Lipinski definition) is 6. The van der Waals surface area contributed by atoms with Crippen LogP contribution in [0.1, 0.15) is 23.0 Å². The first-order valence-electron chi connectivity index (χ1n) is 9.58. The van der Waals surface area contributed by atoms with E-state index in [1.807, 2.05) is 0 Å². The van der Waals surface area contributed by atoms with Crippen molar-refractivity contribution >= 4 is 34.5 Å². The summed E-state index contributed by atoms with van der Waals surface area (Å²) in [6, 6.07) is 10.6. The molecule has 0 unspecified atom stereocenters. The van der Waals surface area contributed by atoms with Gasteiger partial charge in [-0.25, -0.2) is 4.79 Å². The van der Waals surface area contributed by atoms with Crippen LogP contribution in [-0.2, 0) is 9.53 Å². The average Bonchev–Trinajstić information content (AvgIpc) is 3.15. The van der Waals surface area contributed by atoms with Crippen LogP contribution >= 0.6 is 0 Å². The Morgan fingerprint density at radius 3 is 2.45 bits per heavy atom. The van der Waals surface area contributed by atoms with E-state index >= 15 is 0 Å². The second-order valence-electron chi connectivity index (χ2n) is 6.44. The van der Waals surface area contributed by atoms with Crippen LogP contribution < -0.4 is 19.5 Å². The Morgan fingerprint density at radius 1 is 1.00 bits per heavy atom. The van der Waals surface area contributed by atoms with Gasteiger partial charge in [-0.3, -0.25) is 4.79 Å². The van der Waals surface area contributed by atoms with Crippen LogP contribution in [0, 0.1) is 0 Å². The van der Waals surface area contributed by atoms with E-state index in [1.54, 1.807) is 70.7 Å². The summed E-state index contributed by atoms with van der Waals surface area (Å²) in [5.74, 6) is 0.772. The van der Waals surface area contributed by atoms with Gasteiger partial charge in [-0.2, -0.15) is 0 Å². The zero-order valence-electron chi connectivity index (χ0n) is 17.8. The maximum absolute atomic E-state index is 12.6. The molecule has 2 N–H and O–H groups in total. The first-order chi connectivity index (χ1) is 15.0. The van der Waals surface area contributed by atoms with Crippen molar-refractivity contribution in [2.75, 3.05) is 33.3 Å². The van der Waals surface area contributed by atoms with Crippen molar-refractivity contribution in [3.8, 4) is 17.2 Å². The number of hydrogen-bond donors (Lipinski definition) is 2. The number of H-pyrrole nitrogens is 1. The number of amides is 1. The highest BCUT2D eigenvalue weighted by molar-refractivity contribution is 6.13. The fourth-order valence-electron chi connectivity index (χ4n) is 3.08. The number of nitrogens with one attached hydrogen (secondary N) is 2. The third kappa shape index (κ3) is 4.80. The Balaban J connectivity index is 1.90. The third-order valence-corrected chi connectivity index (χ3v) is 4.57. The smallest absolute Gasteiger partial charge is 0.356 e. The minimum absolute atomic E-state index is 0.165. The van der Waals surface area contributed by atoms with Gasteiger partial charge >= 0.3 is 5.97 Å². The van der Waals surface area contributed by atoms with E-state index in [0.717, 1.165) is 5.56 Å². The number of carbonyl (C=O) groups excluding carboxylic acids is 2. The third-order valence-electron chi connectivity index (χ3n) is 4.57. The van der Waals surface area contributed by atoms with Gasteiger partial charge in [0.15, 0.2) is 11.5 Å². The summed E-state index contributed by atoms with van der Waals surface area (Å²) in [5.41, 5.74) is 1.91. The fraction of sp³-hybridized carbons (Fsp3) is 0.217. The summed E-state index contributed by atoms with van der Waals surface area (Å²) < 4.78 is 20.9. The molecule has 1 heterocycles. The summed E-state index contributed by atoms with van der Waals surface area (Å²) in [6.07, 6.45) is 3.01. The molecule has 0 saturated heterocycles. The lowest BCUT2D eigenvalue weighted by atomic mass is 10.1. The molecule has 0 aliphatic carbocycles. The second kappa shape index (κ2) is 9.71. The van der Waals surface area contributed by atoms with E-state index in [1.165, 1.54) is 6.08 Å². The highest BCUT2D eigenvalue weighted by atomic mass is 16.5. The van der Waals surface area contributed by atoms with Crippen LogP contribution in [-0.4, -0.2) is 44.8 Å². The number of anilines is 1. The Labute approximate surface area is 179 Å². The molecule has 0 atom stereocenters. The number of carbonyl (C=O) groups is 2. The fourth-order valence-corrected chi connectivity index (χ4v) is 3.08. The number of aromatic nitrogens is 1. The monoisotopic (exact) mass is 424 g/mol. The molecule has 0 bridgehead atoms.